The Morgan fingerprint density at radius 3 is 2.72 bits per heavy atom. The highest BCUT2D eigenvalue weighted by molar-refractivity contribution is 5.96. The number of nitrogens with zero attached hydrogens (tertiary/aromatic N) is 4. The minimum atomic E-state index is -2.82. The average Bonchev–Trinajstić information content (AvgIpc) is 3.33. The molecular weight excluding hydrogens is 384 g/mol. The van der Waals surface area contributed by atoms with Crippen LogP contribution in [-0.2, 0) is 0 Å². The van der Waals surface area contributed by atoms with Gasteiger partial charge in [-0.25, -0.2) is 19.0 Å². The Kier molecular flexibility index (Phi) is 4.59. The molecule has 4 aromatic rings. The number of alkyl halides is 2. The molecule has 0 bridgehead atoms. The number of hydrogen-bond donors (Lipinski definition) is 2. The number of anilines is 2. The molecule has 0 aliphatic carbocycles. The van der Waals surface area contributed by atoms with E-state index in [1.807, 2.05) is 12.1 Å². The Morgan fingerprint density at radius 1 is 1.24 bits per heavy atom. The van der Waals surface area contributed by atoms with Crippen LogP contribution in [0.4, 0.5) is 25.1 Å². The van der Waals surface area contributed by atoms with Crippen LogP contribution in [0.25, 0.3) is 22.2 Å². The van der Waals surface area contributed by atoms with Gasteiger partial charge in [0.15, 0.2) is 0 Å². The summed E-state index contributed by atoms with van der Waals surface area (Å²) < 4.78 is 32.4. The van der Waals surface area contributed by atoms with Crippen molar-refractivity contribution in [1.82, 2.24) is 19.3 Å². The first-order chi connectivity index (χ1) is 14.0. The minimum absolute atomic E-state index is 0.218. The van der Waals surface area contributed by atoms with Crippen LogP contribution in [0.15, 0.2) is 55.0 Å². The van der Waals surface area contributed by atoms with Crippen LogP contribution in [0.1, 0.15) is 6.55 Å². The molecule has 0 radical (unpaired) electrons. The van der Waals surface area contributed by atoms with E-state index in [0.717, 1.165) is 10.8 Å². The van der Waals surface area contributed by atoms with E-state index in [9.17, 15) is 18.7 Å². The maximum absolute atomic E-state index is 12.8. The smallest absolute Gasteiger partial charge is 0.416 e. The molecule has 0 saturated carbocycles. The molecule has 0 amide bonds. The topological polar surface area (TPSA) is 94.2 Å². The standard InChI is InChI=1S/C19H15F2N5O3/c1-29-16-5-3-2-4-13(16)24-17-7-15-11(8-22-17)6-14(26(15)19(27)28)12-9-23-25(10-12)18(20)21/h2-10,18H,1H3,(H,22,24)(H,27,28). The van der Waals surface area contributed by atoms with Gasteiger partial charge in [-0.3, -0.25) is 0 Å². The summed E-state index contributed by atoms with van der Waals surface area (Å²) in [7, 11) is 1.54. The number of nitrogens with one attached hydrogen (secondary N) is 1. The molecule has 0 spiro atoms. The Morgan fingerprint density at radius 2 is 2.03 bits per heavy atom. The van der Waals surface area contributed by atoms with Gasteiger partial charge in [-0.2, -0.15) is 13.9 Å². The van der Waals surface area contributed by atoms with Crippen LogP contribution < -0.4 is 10.1 Å². The van der Waals surface area contributed by atoms with Crippen molar-refractivity contribution in [3.8, 4) is 17.0 Å². The lowest BCUT2D eigenvalue weighted by Crippen LogP contribution is -2.09. The van der Waals surface area contributed by atoms with Gasteiger partial charge in [0.2, 0.25) is 0 Å². The number of carboxylic acid groups (broad SMARTS) is 1. The molecule has 0 unspecified atom stereocenters. The van der Waals surface area contributed by atoms with Crippen molar-refractivity contribution in [2.24, 2.45) is 0 Å². The molecule has 8 nitrogen and oxygen atoms in total. The molecule has 3 aromatic heterocycles. The molecule has 29 heavy (non-hydrogen) atoms. The highest BCUT2D eigenvalue weighted by Crippen LogP contribution is 2.31. The number of halogens is 2. The molecule has 0 saturated heterocycles. The summed E-state index contributed by atoms with van der Waals surface area (Å²) in [5.74, 6) is 1.00. The van der Waals surface area contributed by atoms with Gasteiger partial charge >= 0.3 is 12.6 Å². The summed E-state index contributed by atoms with van der Waals surface area (Å²) in [6, 6.07) is 10.3. The summed E-state index contributed by atoms with van der Waals surface area (Å²) >= 11 is 0. The highest BCUT2D eigenvalue weighted by atomic mass is 19.3. The van der Waals surface area contributed by atoms with E-state index in [1.54, 1.807) is 31.4 Å². The fourth-order valence-electron chi connectivity index (χ4n) is 3.05. The quantitative estimate of drug-likeness (QED) is 0.510. The van der Waals surface area contributed by atoms with E-state index in [4.69, 9.17) is 4.74 Å². The van der Waals surface area contributed by atoms with E-state index in [2.05, 4.69) is 15.4 Å². The number of aromatic nitrogens is 4. The molecule has 3 heterocycles. The van der Waals surface area contributed by atoms with Gasteiger partial charge < -0.3 is 15.2 Å². The molecule has 0 fully saturated rings. The Labute approximate surface area is 163 Å². The second-order valence-corrected chi connectivity index (χ2v) is 6.09. The Bertz CT molecular complexity index is 1200. The molecule has 0 atom stereocenters. The second-order valence-electron chi connectivity index (χ2n) is 6.09. The van der Waals surface area contributed by atoms with Gasteiger partial charge in [-0.1, -0.05) is 12.1 Å². The molecule has 2 N–H and O–H groups in total. The maximum Gasteiger partial charge on any atom is 0.416 e. The molecule has 0 aliphatic rings. The lowest BCUT2D eigenvalue weighted by atomic mass is 10.2. The lowest BCUT2D eigenvalue weighted by molar-refractivity contribution is 0.0566. The third-order valence-electron chi connectivity index (χ3n) is 4.34. The molecular formula is C19H15F2N5O3. The first kappa shape index (κ1) is 18.4. The first-order valence-electron chi connectivity index (χ1n) is 8.45. The van der Waals surface area contributed by atoms with E-state index in [-0.39, 0.29) is 11.3 Å². The molecule has 1 aromatic carbocycles. The molecule has 0 aliphatic heterocycles. The maximum atomic E-state index is 12.8. The predicted octanol–water partition coefficient (Wildman–Crippen LogP) is 4.57. The van der Waals surface area contributed by atoms with Crippen LogP contribution in [0.5, 0.6) is 5.75 Å². The van der Waals surface area contributed by atoms with Crippen molar-refractivity contribution in [3.63, 3.8) is 0 Å². The van der Waals surface area contributed by atoms with E-state index >= 15 is 0 Å². The lowest BCUT2D eigenvalue weighted by Gasteiger charge is -2.10. The molecule has 10 heteroatoms. The van der Waals surface area contributed by atoms with Crippen molar-refractivity contribution in [3.05, 3.63) is 55.0 Å². The van der Waals surface area contributed by atoms with Gasteiger partial charge in [0.05, 0.1) is 30.2 Å². The van der Waals surface area contributed by atoms with Gasteiger partial charge in [-0.05, 0) is 18.2 Å². The summed E-state index contributed by atoms with van der Waals surface area (Å²) in [5.41, 5.74) is 1.48. The molecule has 4 rings (SSSR count). The van der Waals surface area contributed by atoms with Gasteiger partial charge in [-0.15, -0.1) is 0 Å². The van der Waals surface area contributed by atoms with Crippen LogP contribution in [-0.4, -0.2) is 37.6 Å². The SMILES string of the molecule is COc1ccccc1Nc1cc2c(cn1)cc(-c1cnn(C(F)F)c1)n2C(=O)O. The number of para-hydroxylation sites is 2. The van der Waals surface area contributed by atoms with Crippen LogP contribution in [0.3, 0.4) is 0 Å². The van der Waals surface area contributed by atoms with E-state index < -0.39 is 12.6 Å². The number of ether oxygens (including phenoxy) is 1. The minimum Gasteiger partial charge on any atom is -0.495 e. The number of hydrogen-bond acceptors (Lipinski definition) is 5. The van der Waals surface area contributed by atoms with Crippen molar-refractivity contribution < 1.29 is 23.4 Å². The van der Waals surface area contributed by atoms with Crippen molar-refractivity contribution in [2.45, 2.75) is 6.55 Å². The Hall–Kier alpha value is -3.95. The number of methoxy groups -OCH3 is 1. The number of carbonyl (C=O) groups is 1. The number of benzene rings is 1. The first-order valence-corrected chi connectivity index (χ1v) is 8.45. The normalized spacial score (nSPS) is 11.2. The average molecular weight is 399 g/mol. The van der Waals surface area contributed by atoms with Crippen LogP contribution >= 0.6 is 0 Å². The monoisotopic (exact) mass is 399 g/mol. The number of pyridine rings is 1. The third kappa shape index (κ3) is 3.35. The molecule has 148 valence electrons. The van der Waals surface area contributed by atoms with Gasteiger partial charge in [0.1, 0.15) is 11.6 Å². The zero-order chi connectivity index (χ0) is 20.5. The Balaban J connectivity index is 1.80. The summed E-state index contributed by atoms with van der Waals surface area (Å²) in [5, 5.41) is 16.9. The fourth-order valence-corrected chi connectivity index (χ4v) is 3.05. The van der Waals surface area contributed by atoms with Crippen LogP contribution in [0, 0.1) is 0 Å². The summed E-state index contributed by atoms with van der Waals surface area (Å²) in [6.07, 6.45) is 2.54. The van der Waals surface area contributed by atoms with E-state index in [0.29, 0.717) is 32.8 Å². The summed E-state index contributed by atoms with van der Waals surface area (Å²) in [6.45, 7) is -2.82. The third-order valence-corrected chi connectivity index (χ3v) is 4.34. The van der Waals surface area contributed by atoms with Crippen molar-refractivity contribution in [1.29, 1.82) is 0 Å². The van der Waals surface area contributed by atoms with Crippen molar-refractivity contribution in [2.75, 3.05) is 12.4 Å². The largest absolute Gasteiger partial charge is 0.495 e. The zero-order valence-corrected chi connectivity index (χ0v) is 15.1. The van der Waals surface area contributed by atoms with E-state index in [1.165, 1.54) is 12.4 Å². The van der Waals surface area contributed by atoms with Gasteiger partial charge in [0, 0.05) is 29.4 Å². The predicted molar refractivity (Wildman–Crippen MR) is 102 cm³/mol. The van der Waals surface area contributed by atoms with Gasteiger partial charge in [0.25, 0.3) is 0 Å². The zero-order valence-electron chi connectivity index (χ0n) is 15.1. The number of rotatable bonds is 5. The second kappa shape index (κ2) is 7.23. The van der Waals surface area contributed by atoms with Crippen LogP contribution in [0.2, 0.25) is 0 Å². The number of fused-ring (bicyclic) bond motifs is 1. The summed E-state index contributed by atoms with van der Waals surface area (Å²) in [4.78, 5) is 16.2. The fraction of sp³-hybridized carbons (Fsp3) is 0.105. The highest BCUT2D eigenvalue weighted by Gasteiger charge is 2.19. The van der Waals surface area contributed by atoms with Crippen molar-refractivity contribution >= 4 is 28.5 Å².